The molecule has 0 saturated carbocycles. The van der Waals surface area contributed by atoms with Gasteiger partial charge in [0.15, 0.2) is 10.9 Å². The number of fused-ring (bicyclic) bond motifs is 1. The topological polar surface area (TPSA) is 157 Å². The van der Waals surface area contributed by atoms with Crippen LogP contribution in [-0.2, 0) is 9.59 Å². The summed E-state index contributed by atoms with van der Waals surface area (Å²) in [5, 5.41) is 8.56. The van der Waals surface area contributed by atoms with Crippen molar-refractivity contribution in [1.82, 2.24) is 20.2 Å². The first-order chi connectivity index (χ1) is 13.6. The van der Waals surface area contributed by atoms with Crippen LogP contribution in [0.5, 0.6) is 0 Å². The van der Waals surface area contributed by atoms with Gasteiger partial charge in [-0.1, -0.05) is 18.2 Å². The molecule has 0 aliphatic rings. The summed E-state index contributed by atoms with van der Waals surface area (Å²) in [5.74, 6) is 0.470. The molecule has 158 valence electrons. The quantitative estimate of drug-likeness (QED) is 0.200. The summed E-state index contributed by atoms with van der Waals surface area (Å²) in [5.41, 5.74) is 17.7. The van der Waals surface area contributed by atoms with E-state index >= 15 is 0 Å². The standard InChI is InChI=1S/C10H11N7S2.2C3H7NO/c11-9(18)16-14-7-5-3-1-2-4-6(5)13-8(7)15-17-10(12)19;2*1-4(2)3-5/h1-4,13-14H,(H2,12,19)(H3,11,16,18);2*3H,1-2H3/b17-15+;;. The average molecular weight is 440 g/mol. The number of azo groups is 1. The SMILES string of the molecule is CN(C)C=O.CN(C)C=O.NC(=S)/N=N/c1[nH]c2ccccc2c1NNC(N)=S. The number of hydrogen-bond donors (Lipinski definition) is 5. The highest BCUT2D eigenvalue weighted by Crippen LogP contribution is 2.33. The second-order valence-corrected chi connectivity index (χ2v) is 6.54. The molecule has 0 atom stereocenters. The number of carbonyl (C=O) groups excluding carboxylic acids is 2. The summed E-state index contributed by atoms with van der Waals surface area (Å²) < 4.78 is 0. The number of H-pyrrole nitrogens is 1. The third-order valence-electron chi connectivity index (χ3n) is 2.67. The zero-order valence-electron chi connectivity index (χ0n) is 16.5. The van der Waals surface area contributed by atoms with Crippen LogP contribution in [0.25, 0.3) is 10.9 Å². The molecule has 29 heavy (non-hydrogen) atoms. The predicted octanol–water partition coefficient (Wildman–Crippen LogP) is 1.06. The van der Waals surface area contributed by atoms with E-state index in [2.05, 4.69) is 38.3 Å². The van der Waals surface area contributed by atoms with Gasteiger partial charge in [0.1, 0.15) is 5.69 Å². The Morgan fingerprint density at radius 2 is 1.59 bits per heavy atom. The lowest BCUT2D eigenvalue weighted by molar-refractivity contribution is -0.116. The van der Waals surface area contributed by atoms with Crippen molar-refractivity contribution >= 4 is 69.9 Å². The summed E-state index contributed by atoms with van der Waals surface area (Å²) in [6, 6.07) is 7.62. The number of aromatic nitrogens is 1. The smallest absolute Gasteiger partial charge is 0.211 e. The van der Waals surface area contributed by atoms with Gasteiger partial charge in [-0.25, -0.2) is 0 Å². The number of anilines is 1. The minimum Gasteiger partial charge on any atom is -0.375 e. The Bertz CT molecular complexity index is 838. The van der Waals surface area contributed by atoms with Crippen LogP contribution in [0.15, 0.2) is 34.5 Å². The molecule has 11 nitrogen and oxygen atoms in total. The van der Waals surface area contributed by atoms with Crippen molar-refractivity contribution in [3.63, 3.8) is 0 Å². The maximum atomic E-state index is 9.43. The van der Waals surface area contributed by atoms with Crippen LogP contribution < -0.4 is 22.3 Å². The molecule has 1 heterocycles. The van der Waals surface area contributed by atoms with Crippen LogP contribution in [0, 0.1) is 0 Å². The van der Waals surface area contributed by atoms with E-state index in [1.165, 1.54) is 9.80 Å². The molecule has 2 rings (SSSR count). The number of benzene rings is 1. The van der Waals surface area contributed by atoms with Crippen molar-refractivity contribution in [2.75, 3.05) is 33.6 Å². The fourth-order valence-corrected chi connectivity index (χ4v) is 1.64. The van der Waals surface area contributed by atoms with Crippen LogP contribution in [0.2, 0.25) is 0 Å². The molecular weight excluding hydrogens is 414 g/mol. The molecule has 0 saturated heterocycles. The second kappa shape index (κ2) is 13.8. The number of nitrogens with two attached hydrogens (primary N) is 2. The van der Waals surface area contributed by atoms with Crippen molar-refractivity contribution in [2.45, 2.75) is 0 Å². The summed E-state index contributed by atoms with van der Waals surface area (Å²) in [7, 11) is 6.75. The molecule has 0 spiro atoms. The van der Waals surface area contributed by atoms with E-state index in [4.69, 9.17) is 23.7 Å². The van der Waals surface area contributed by atoms with Crippen molar-refractivity contribution < 1.29 is 9.59 Å². The number of aromatic amines is 1. The molecule has 0 aliphatic carbocycles. The molecule has 0 aliphatic heterocycles. The van der Waals surface area contributed by atoms with Crippen LogP contribution in [0.3, 0.4) is 0 Å². The van der Waals surface area contributed by atoms with Gasteiger partial charge in [0.25, 0.3) is 0 Å². The molecule has 1 aromatic carbocycles. The van der Waals surface area contributed by atoms with Crippen LogP contribution in [-0.4, -0.2) is 66.0 Å². The van der Waals surface area contributed by atoms with E-state index in [0.29, 0.717) is 11.5 Å². The first-order valence-corrected chi connectivity index (χ1v) is 8.80. The zero-order chi connectivity index (χ0) is 22.4. The fraction of sp³-hybridized carbons (Fsp3) is 0.250. The van der Waals surface area contributed by atoms with E-state index in [1.54, 1.807) is 28.2 Å². The Morgan fingerprint density at radius 3 is 2.03 bits per heavy atom. The number of rotatable bonds is 5. The minimum atomic E-state index is -0.0492. The molecule has 0 radical (unpaired) electrons. The van der Waals surface area contributed by atoms with Gasteiger partial charge in [-0.2, -0.15) is 0 Å². The largest absolute Gasteiger partial charge is 0.375 e. The minimum absolute atomic E-state index is 0.0492. The Kier molecular flexibility index (Phi) is 12.2. The number of carbonyl (C=O) groups is 2. The van der Waals surface area contributed by atoms with Crippen molar-refractivity contribution in [3.05, 3.63) is 24.3 Å². The Morgan fingerprint density at radius 1 is 1.07 bits per heavy atom. The van der Waals surface area contributed by atoms with E-state index in [0.717, 1.165) is 23.7 Å². The third-order valence-corrected chi connectivity index (χ3v) is 2.85. The number of thiocarbonyl (C=S) groups is 2. The lowest BCUT2D eigenvalue weighted by atomic mass is 10.2. The van der Waals surface area contributed by atoms with Gasteiger partial charge in [0, 0.05) is 39.1 Å². The number of hydrogen-bond acceptors (Lipinski definition) is 6. The van der Waals surface area contributed by atoms with E-state index in [9.17, 15) is 9.59 Å². The third kappa shape index (κ3) is 11.2. The highest BCUT2D eigenvalue weighted by atomic mass is 32.1. The highest BCUT2D eigenvalue weighted by Gasteiger charge is 2.10. The van der Waals surface area contributed by atoms with E-state index < -0.39 is 0 Å². The average Bonchev–Trinajstić information content (AvgIpc) is 3.03. The molecule has 0 fully saturated rings. The van der Waals surface area contributed by atoms with Gasteiger partial charge in [-0.05, 0) is 30.5 Å². The summed E-state index contributed by atoms with van der Waals surface area (Å²) >= 11 is 9.39. The Labute approximate surface area is 179 Å². The molecule has 13 heteroatoms. The monoisotopic (exact) mass is 439 g/mol. The summed E-state index contributed by atoms with van der Waals surface area (Å²) in [6.07, 6.45) is 1.50. The second-order valence-electron chi connectivity index (χ2n) is 5.68. The molecule has 0 unspecified atom stereocenters. The zero-order valence-corrected chi connectivity index (χ0v) is 18.2. The molecule has 7 N–H and O–H groups in total. The van der Waals surface area contributed by atoms with Gasteiger partial charge in [0.05, 0.1) is 0 Å². The maximum Gasteiger partial charge on any atom is 0.211 e. The van der Waals surface area contributed by atoms with Crippen molar-refractivity contribution in [3.8, 4) is 0 Å². The van der Waals surface area contributed by atoms with Gasteiger partial charge in [-0.15, -0.1) is 10.2 Å². The first kappa shape index (κ1) is 25.7. The molecule has 2 aromatic rings. The van der Waals surface area contributed by atoms with E-state index in [1.807, 2.05) is 24.3 Å². The normalized spacial score (nSPS) is 9.38. The van der Waals surface area contributed by atoms with Crippen LogP contribution in [0.1, 0.15) is 0 Å². The lowest BCUT2D eigenvalue weighted by Crippen LogP contribution is -2.33. The number of hydrazine groups is 1. The fourth-order valence-electron chi connectivity index (χ4n) is 1.55. The van der Waals surface area contributed by atoms with Gasteiger partial charge >= 0.3 is 0 Å². The number of nitrogens with zero attached hydrogens (tertiary/aromatic N) is 4. The Hall–Kier alpha value is -3.32. The van der Waals surface area contributed by atoms with E-state index in [-0.39, 0.29) is 10.2 Å². The predicted molar refractivity (Wildman–Crippen MR) is 123 cm³/mol. The van der Waals surface area contributed by atoms with Crippen LogP contribution in [0.4, 0.5) is 11.5 Å². The van der Waals surface area contributed by atoms with Gasteiger partial charge in [-0.3, -0.25) is 20.4 Å². The van der Waals surface area contributed by atoms with Crippen LogP contribution >= 0.6 is 24.4 Å². The number of nitrogens with one attached hydrogen (secondary N) is 3. The van der Waals surface area contributed by atoms with Crippen molar-refractivity contribution in [1.29, 1.82) is 0 Å². The molecule has 2 amide bonds. The van der Waals surface area contributed by atoms with Gasteiger partial charge in [0.2, 0.25) is 17.9 Å². The highest BCUT2D eigenvalue weighted by molar-refractivity contribution is 7.80. The number of para-hydroxylation sites is 1. The summed E-state index contributed by atoms with van der Waals surface area (Å²) in [4.78, 5) is 24.8. The lowest BCUT2D eigenvalue weighted by Gasteiger charge is -2.06. The summed E-state index contributed by atoms with van der Waals surface area (Å²) in [6.45, 7) is 0. The maximum absolute atomic E-state index is 9.43. The number of amides is 2. The Balaban J connectivity index is 0.000000653. The van der Waals surface area contributed by atoms with Crippen molar-refractivity contribution in [2.24, 2.45) is 21.7 Å². The molecule has 1 aromatic heterocycles. The molecule has 0 bridgehead atoms. The first-order valence-electron chi connectivity index (χ1n) is 7.99. The molecular formula is C16H25N9O2S2. The van der Waals surface area contributed by atoms with Gasteiger partial charge < -0.3 is 26.3 Å².